The van der Waals surface area contributed by atoms with E-state index in [1.54, 1.807) is 0 Å². The van der Waals surface area contributed by atoms with Gasteiger partial charge < -0.3 is 5.11 Å². The summed E-state index contributed by atoms with van der Waals surface area (Å²) in [4.78, 5) is 10.7. The van der Waals surface area contributed by atoms with Crippen LogP contribution in [0.5, 0.6) is 5.75 Å². The van der Waals surface area contributed by atoms with Gasteiger partial charge in [0.25, 0.3) is 0 Å². The van der Waals surface area contributed by atoms with Crippen molar-refractivity contribution in [2.75, 3.05) is 0 Å². The van der Waals surface area contributed by atoms with Crippen molar-refractivity contribution in [1.29, 1.82) is 0 Å². The summed E-state index contributed by atoms with van der Waals surface area (Å²) in [5, 5.41) is 12.8. The molecule has 386 valence electrons. The first-order chi connectivity index (χ1) is 36.7. The molecule has 10 aromatic rings. The molecule has 5 heteroatoms. The molecular weight excluding hydrogens is 1110 g/mol. The van der Waals surface area contributed by atoms with Crippen LogP contribution in [0, 0.1) is 12.9 Å². The van der Waals surface area contributed by atoms with Crippen molar-refractivity contribution in [3.63, 3.8) is 0 Å². The fraction of sp³-hybridized carbons (Fsp3) is 0.239. The number of imidazole rings is 1. The molecule has 0 saturated heterocycles. The fourth-order valence-electron chi connectivity index (χ4n) is 10.1. The number of pyridine rings is 1. The van der Waals surface area contributed by atoms with Gasteiger partial charge in [0, 0.05) is 48.2 Å². The second kappa shape index (κ2) is 20.4. The van der Waals surface area contributed by atoms with Crippen LogP contribution in [0.2, 0.25) is 0 Å². The van der Waals surface area contributed by atoms with E-state index in [2.05, 4.69) is 215 Å². The van der Waals surface area contributed by atoms with Gasteiger partial charge >= 0.3 is 0 Å². The molecule has 0 unspecified atom stereocenters. The molecular formula is C71H70N3OPt-. The minimum absolute atomic E-state index is 0. The van der Waals surface area contributed by atoms with Gasteiger partial charge in [0.05, 0.1) is 22.3 Å². The van der Waals surface area contributed by atoms with Crippen LogP contribution in [-0.4, -0.2) is 19.6 Å². The van der Waals surface area contributed by atoms with Crippen LogP contribution in [0.3, 0.4) is 0 Å². The maximum atomic E-state index is 12.8. The van der Waals surface area contributed by atoms with Crippen molar-refractivity contribution in [2.45, 2.75) is 112 Å². The molecule has 10 rings (SSSR count). The van der Waals surface area contributed by atoms with Gasteiger partial charge in [-0.15, -0.1) is 29.3 Å². The summed E-state index contributed by atoms with van der Waals surface area (Å²) in [5.41, 5.74) is 16.8. The molecule has 0 amide bonds. The van der Waals surface area contributed by atoms with Gasteiger partial charge in [0.2, 0.25) is 0 Å². The van der Waals surface area contributed by atoms with E-state index < -0.39 is 12.3 Å². The van der Waals surface area contributed by atoms with Crippen LogP contribution in [0.1, 0.15) is 115 Å². The molecule has 0 aliphatic rings. The van der Waals surface area contributed by atoms with E-state index in [4.69, 9.17) is 9.97 Å². The Kier molecular flexibility index (Phi) is 13.4. The standard InChI is InChI=1S/C71H70N3O.Pt/c1-45-37-64(59(49-23-18-15-19-24-49)44-58(45)50-31-33-54(34-32-50)68(2,3)4)74-63-26-20-25-57(65(63)73-67(74)60-42-56(70(8,9)10)43-61(66(60)75)71(11,12)13)52-38-53(40-55(39-52)69(5,6)7)62-41-51(35-36-72-62)48-29-27-47(28-30-48)46-21-16-14-17-22-46;/h14-37,39-44,75H,1-13H3;/q-1;/i1D3;. The minimum Gasteiger partial charge on any atom is -0.507 e. The molecule has 0 bridgehead atoms. The Hall–Kier alpha value is -7.13. The Morgan fingerprint density at radius 2 is 1.01 bits per heavy atom. The molecule has 0 fully saturated rings. The van der Waals surface area contributed by atoms with Crippen molar-refractivity contribution >= 4 is 11.0 Å². The summed E-state index contributed by atoms with van der Waals surface area (Å²) >= 11 is 0. The number of fused-ring (bicyclic) bond motifs is 1. The normalized spacial score (nSPS) is 13.0. The van der Waals surface area contributed by atoms with Gasteiger partial charge in [-0.3, -0.25) is 9.55 Å². The van der Waals surface area contributed by atoms with E-state index in [9.17, 15) is 9.22 Å². The zero-order valence-corrected chi connectivity index (χ0v) is 48.2. The SMILES string of the molecule is [2H]C([2H])([2H])c1cc(-n2c(-c3cc(C(C)(C)C)cc(C(C)(C)C)c3O)nc3c(-c4[c-]c(-c5cc(-c6ccc(-c7ccccc7)cc6)ccn5)cc(C(C)(C)C)c4)cccc32)c(-c2ccccc2)cc1-c1ccc(C(C)(C)C)cc1.[Pt]. The minimum atomic E-state index is -2.51. The number of hydrogen-bond donors (Lipinski definition) is 1. The summed E-state index contributed by atoms with van der Waals surface area (Å²) in [6.07, 6.45) is 1.87. The number of aryl methyl sites for hydroxylation is 1. The summed E-state index contributed by atoms with van der Waals surface area (Å²) in [6, 6.07) is 64.2. The second-order valence-corrected chi connectivity index (χ2v) is 24.3. The van der Waals surface area contributed by atoms with Crippen molar-refractivity contribution in [2.24, 2.45) is 0 Å². The second-order valence-electron chi connectivity index (χ2n) is 24.3. The van der Waals surface area contributed by atoms with Gasteiger partial charge in [-0.1, -0.05) is 228 Å². The largest absolute Gasteiger partial charge is 0.507 e. The topological polar surface area (TPSA) is 50.9 Å². The first-order valence-electron chi connectivity index (χ1n) is 27.7. The number of rotatable bonds is 8. The maximum absolute atomic E-state index is 12.8. The molecule has 76 heavy (non-hydrogen) atoms. The Labute approximate surface area is 470 Å². The van der Waals surface area contributed by atoms with Crippen LogP contribution in [0.4, 0.5) is 0 Å². The number of phenols is 1. The molecule has 8 aromatic carbocycles. The van der Waals surface area contributed by atoms with Gasteiger partial charge in [-0.25, -0.2) is 4.98 Å². The first-order valence-corrected chi connectivity index (χ1v) is 26.2. The molecule has 2 heterocycles. The van der Waals surface area contributed by atoms with Crippen LogP contribution in [0.25, 0.3) is 95.0 Å². The molecule has 0 aliphatic carbocycles. The predicted molar refractivity (Wildman–Crippen MR) is 317 cm³/mol. The van der Waals surface area contributed by atoms with E-state index in [0.717, 1.165) is 83.5 Å². The van der Waals surface area contributed by atoms with Crippen molar-refractivity contribution < 1.29 is 30.3 Å². The Bertz CT molecular complexity index is 3850. The quantitative estimate of drug-likeness (QED) is 0.154. The molecule has 1 N–H and O–H groups in total. The number of phenolic OH excluding ortho intramolecular Hbond substituents is 1. The monoisotopic (exact) mass is 1180 g/mol. The third kappa shape index (κ3) is 10.7. The van der Waals surface area contributed by atoms with Crippen LogP contribution >= 0.6 is 0 Å². The predicted octanol–water partition coefficient (Wildman–Crippen LogP) is 19.1. The molecule has 0 saturated carbocycles. The molecule has 0 radical (unpaired) electrons. The molecule has 2 aromatic heterocycles. The van der Waals surface area contributed by atoms with Gasteiger partial charge in [0.15, 0.2) is 0 Å². The smallest absolute Gasteiger partial charge is 0.148 e. The summed E-state index contributed by atoms with van der Waals surface area (Å²) in [6.45, 7) is 23.6. The van der Waals surface area contributed by atoms with E-state index >= 15 is 0 Å². The summed E-state index contributed by atoms with van der Waals surface area (Å²) in [5.74, 6) is 0.619. The molecule has 0 aliphatic heterocycles. The maximum Gasteiger partial charge on any atom is 0.148 e. The third-order valence-electron chi connectivity index (χ3n) is 14.6. The Balaban J connectivity index is 0.00000757. The van der Waals surface area contributed by atoms with Gasteiger partial charge in [-0.05, 0) is 114 Å². The zero-order chi connectivity index (χ0) is 55.7. The number of benzene rings is 8. The van der Waals surface area contributed by atoms with Gasteiger partial charge in [-0.2, -0.15) is 0 Å². The van der Waals surface area contributed by atoms with Gasteiger partial charge in [0.1, 0.15) is 11.6 Å². The van der Waals surface area contributed by atoms with E-state index in [-0.39, 0.29) is 48.6 Å². The fourth-order valence-corrected chi connectivity index (χ4v) is 10.1. The number of aromatic hydroxyl groups is 1. The first kappa shape index (κ1) is 49.7. The number of para-hydroxylation sites is 1. The van der Waals surface area contributed by atoms with Crippen molar-refractivity contribution in [3.05, 3.63) is 216 Å². The van der Waals surface area contributed by atoms with Crippen LogP contribution in [0.15, 0.2) is 182 Å². The zero-order valence-electron chi connectivity index (χ0n) is 48.9. The number of hydrogen-bond acceptors (Lipinski definition) is 3. The van der Waals surface area contributed by atoms with E-state index in [1.807, 2.05) is 60.8 Å². The average Bonchev–Trinajstić information content (AvgIpc) is 3.95. The van der Waals surface area contributed by atoms with Crippen LogP contribution in [-0.2, 0) is 42.7 Å². The third-order valence-corrected chi connectivity index (χ3v) is 14.6. The number of aromatic nitrogens is 3. The summed E-state index contributed by atoms with van der Waals surface area (Å²) < 4.78 is 29.6. The number of nitrogens with zero attached hydrogens (tertiary/aromatic N) is 3. The van der Waals surface area contributed by atoms with Crippen molar-refractivity contribution in [3.8, 4) is 89.7 Å². The summed E-state index contributed by atoms with van der Waals surface area (Å²) in [7, 11) is 0. The Morgan fingerprint density at radius 1 is 0.461 bits per heavy atom. The molecule has 0 atom stereocenters. The average molecular weight is 1180 g/mol. The van der Waals surface area contributed by atoms with E-state index in [0.29, 0.717) is 28.2 Å². The Morgan fingerprint density at radius 3 is 1.62 bits per heavy atom. The molecule has 4 nitrogen and oxygen atoms in total. The van der Waals surface area contributed by atoms with Crippen molar-refractivity contribution in [1.82, 2.24) is 14.5 Å². The van der Waals surface area contributed by atoms with Crippen LogP contribution < -0.4 is 0 Å². The van der Waals surface area contributed by atoms with E-state index in [1.165, 1.54) is 5.56 Å². The molecule has 0 spiro atoms.